The molecule has 4 rings (SSSR count). The van der Waals surface area contributed by atoms with Gasteiger partial charge in [0.25, 0.3) is 0 Å². The second-order valence-electron chi connectivity index (χ2n) is 9.32. The molecule has 0 spiro atoms. The highest BCUT2D eigenvalue weighted by molar-refractivity contribution is 5.91. The Morgan fingerprint density at radius 3 is 2.59 bits per heavy atom. The Morgan fingerprint density at radius 2 is 1.91 bits per heavy atom. The molecule has 2 amide bonds. The molecule has 0 aromatic heterocycles. The molecular weight excluding hydrogens is 435 g/mol. The number of halogens is 1. The maximum Gasteiger partial charge on any atom is 0.324 e. The Balaban J connectivity index is 1.40. The zero-order chi connectivity index (χ0) is 24.1. The average Bonchev–Trinajstić information content (AvgIpc) is 2.87. The molecule has 7 heteroatoms. The van der Waals surface area contributed by atoms with Gasteiger partial charge in [0.15, 0.2) is 0 Å². The maximum absolute atomic E-state index is 14.4. The van der Waals surface area contributed by atoms with Crippen LogP contribution in [0.2, 0.25) is 0 Å². The van der Waals surface area contributed by atoms with Gasteiger partial charge in [-0.25, -0.2) is 9.18 Å². The van der Waals surface area contributed by atoms with Gasteiger partial charge >= 0.3 is 6.03 Å². The van der Waals surface area contributed by atoms with Crippen molar-refractivity contribution < 1.29 is 23.4 Å². The van der Waals surface area contributed by atoms with E-state index in [1.165, 1.54) is 18.6 Å². The molecular formula is C27H35FN2O4. The van der Waals surface area contributed by atoms with E-state index in [-0.39, 0.29) is 17.9 Å². The Morgan fingerprint density at radius 1 is 1.18 bits per heavy atom. The van der Waals surface area contributed by atoms with Crippen LogP contribution in [-0.2, 0) is 21.7 Å². The molecule has 0 aliphatic carbocycles. The van der Waals surface area contributed by atoms with Gasteiger partial charge in [-0.1, -0.05) is 12.1 Å². The topological polar surface area (TPSA) is 51.2 Å². The van der Waals surface area contributed by atoms with E-state index in [1.54, 1.807) is 12.0 Å². The number of carbonyl (C=O) groups is 1. The number of likely N-dealkylation sites (tertiary alicyclic amines) is 1. The van der Waals surface area contributed by atoms with Crippen LogP contribution in [0.5, 0.6) is 5.75 Å². The van der Waals surface area contributed by atoms with Gasteiger partial charge in [0.2, 0.25) is 0 Å². The van der Waals surface area contributed by atoms with Gasteiger partial charge in [0.1, 0.15) is 18.2 Å². The summed E-state index contributed by atoms with van der Waals surface area (Å²) in [5.41, 5.74) is 1.99. The van der Waals surface area contributed by atoms with Crippen LogP contribution in [0.1, 0.15) is 50.2 Å². The summed E-state index contributed by atoms with van der Waals surface area (Å²) in [6.45, 7) is 4.39. The molecule has 1 unspecified atom stereocenters. The standard InChI is InChI=1S/C27H35FN2O4/c1-20-6-4-5-13-30(20)26(31)29(2)24-9-7-21(8-10-24)19-34-25-17-22(16-23(28)18-25)27(32-3)11-14-33-15-12-27/h7-10,16-18,20H,4-6,11-15,19H2,1-3H3. The molecule has 1 atom stereocenters. The van der Waals surface area contributed by atoms with Gasteiger partial charge in [-0.3, -0.25) is 4.90 Å². The lowest BCUT2D eigenvalue weighted by molar-refractivity contribution is -0.0950. The molecule has 184 valence electrons. The van der Waals surface area contributed by atoms with E-state index in [0.29, 0.717) is 38.4 Å². The van der Waals surface area contributed by atoms with Crippen molar-refractivity contribution in [3.8, 4) is 5.75 Å². The molecule has 34 heavy (non-hydrogen) atoms. The fourth-order valence-corrected chi connectivity index (χ4v) is 4.89. The van der Waals surface area contributed by atoms with Crippen LogP contribution in [0, 0.1) is 5.82 Å². The number of methoxy groups -OCH3 is 1. The summed E-state index contributed by atoms with van der Waals surface area (Å²) < 4.78 is 31.6. The van der Waals surface area contributed by atoms with Crippen molar-refractivity contribution in [1.82, 2.24) is 4.90 Å². The van der Waals surface area contributed by atoms with Crippen LogP contribution >= 0.6 is 0 Å². The average molecular weight is 471 g/mol. The monoisotopic (exact) mass is 470 g/mol. The Bertz CT molecular complexity index is 975. The second-order valence-corrected chi connectivity index (χ2v) is 9.32. The first-order valence-electron chi connectivity index (χ1n) is 12.1. The lowest BCUT2D eigenvalue weighted by Crippen LogP contribution is -2.48. The number of hydrogen-bond donors (Lipinski definition) is 0. The molecule has 2 saturated heterocycles. The number of anilines is 1. The smallest absolute Gasteiger partial charge is 0.324 e. The van der Waals surface area contributed by atoms with Crippen molar-refractivity contribution in [2.45, 2.75) is 57.3 Å². The molecule has 0 radical (unpaired) electrons. The number of urea groups is 1. The van der Waals surface area contributed by atoms with Gasteiger partial charge in [-0.2, -0.15) is 0 Å². The summed E-state index contributed by atoms with van der Waals surface area (Å²) in [4.78, 5) is 16.6. The number of carbonyl (C=O) groups excluding carboxylic acids is 1. The van der Waals surface area contributed by atoms with E-state index in [2.05, 4.69) is 6.92 Å². The first kappa shape index (κ1) is 24.5. The summed E-state index contributed by atoms with van der Waals surface area (Å²) in [5, 5.41) is 0. The fourth-order valence-electron chi connectivity index (χ4n) is 4.89. The van der Waals surface area contributed by atoms with Crippen molar-refractivity contribution in [3.05, 3.63) is 59.4 Å². The normalized spacial score (nSPS) is 20.1. The molecule has 2 aromatic rings. The summed E-state index contributed by atoms with van der Waals surface area (Å²) in [6.07, 6.45) is 4.64. The van der Waals surface area contributed by atoms with Gasteiger partial charge in [-0.15, -0.1) is 0 Å². The van der Waals surface area contributed by atoms with Crippen LogP contribution in [0.25, 0.3) is 0 Å². The number of piperidine rings is 1. The molecule has 2 heterocycles. The molecule has 2 fully saturated rings. The predicted molar refractivity (Wildman–Crippen MR) is 130 cm³/mol. The lowest BCUT2D eigenvalue weighted by Gasteiger charge is -2.36. The van der Waals surface area contributed by atoms with Crippen molar-refractivity contribution in [2.24, 2.45) is 0 Å². The second kappa shape index (κ2) is 10.7. The molecule has 2 aliphatic heterocycles. The van der Waals surface area contributed by atoms with E-state index in [1.807, 2.05) is 42.3 Å². The third-order valence-corrected chi connectivity index (χ3v) is 7.15. The zero-order valence-corrected chi connectivity index (χ0v) is 20.4. The Hall–Kier alpha value is -2.64. The number of rotatable bonds is 6. The Kier molecular flexibility index (Phi) is 7.73. The molecule has 0 saturated carbocycles. The zero-order valence-electron chi connectivity index (χ0n) is 20.4. The predicted octanol–water partition coefficient (Wildman–Crippen LogP) is 5.49. The van der Waals surface area contributed by atoms with Crippen molar-refractivity contribution in [1.29, 1.82) is 0 Å². The third-order valence-electron chi connectivity index (χ3n) is 7.15. The van der Waals surface area contributed by atoms with E-state index in [0.717, 1.165) is 36.2 Å². The minimum Gasteiger partial charge on any atom is -0.489 e. The van der Waals surface area contributed by atoms with Crippen molar-refractivity contribution in [2.75, 3.05) is 38.8 Å². The number of benzene rings is 2. The van der Waals surface area contributed by atoms with Crippen molar-refractivity contribution >= 4 is 11.7 Å². The fraction of sp³-hybridized carbons (Fsp3) is 0.519. The number of nitrogens with zero attached hydrogens (tertiary/aromatic N) is 2. The SMILES string of the molecule is COC1(c2cc(F)cc(OCc3ccc(N(C)C(=O)N4CCCCC4C)cc3)c2)CCOCC1. The quantitative estimate of drug-likeness (QED) is 0.560. The van der Waals surface area contributed by atoms with Gasteiger partial charge in [-0.05, 0) is 61.6 Å². The van der Waals surface area contributed by atoms with Crippen LogP contribution in [0.15, 0.2) is 42.5 Å². The minimum absolute atomic E-state index is 0.0312. The number of hydrogen-bond acceptors (Lipinski definition) is 4. The van der Waals surface area contributed by atoms with Crippen molar-refractivity contribution in [3.63, 3.8) is 0 Å². The summed E-state index contributed by atoms with van der Waals surface area (Å²) >= 11 is 0. The molecule has 2 aromatic carbocycles. The van der Waals surface area contributed by atoms with E-state index in [9.17, 15) is 9.18 Å². The summed E-state index contributed by atoms with van der Waals surface area (Å²) in [7, 11) is 3.47. The minimum atomic E-state index is -0.552. The van der Waals surface area contributed by atoms with Crippen LogP contribution in [-0.4, -0.2) is 50.9 Å². The summed E-state index contributed by atoms with van der Waals surface area (Å²) in [6, 6.07) is 12.8. The van der Waals surface area contributed by atoms with Gasteiger partial charge in [0.05, 0.1) is 5.60 Å². The molecule has 6 nitrogen and oxygen atoms in total. The Labute approximate surface area is 201 Å². The van der Waals surface area contributed by atoms with E-state index >= 15 is 0 Å². The van der Waals surface area contributed by atoms with Gasteiger partial charge < -0.3 is 19.1 Å². The lowest BCUT2D eigenvalue weighted by atomic mass is 9.86. The van der Waals surface area contributed by atoms with Crippen LogP contribution < -0.4 is 9.64 Å². The highest BCUT2D eigenvalue weighted by Crippen LogP contribution is 2.37. The first-order chi connectivity index (χ1) is 16.4. The van der Waals surface area contributed by atoms with Crippen LogP contribution in [0.3, 0.4) is 0 Å². The van der Waals surface area contributed by atoms with Gasteiger partial charge in [0, 0.05) is 64.6 Å². The molecule has 0 N–H and O–H groups in total. The first-order valence-corrected chi connectivity index (χ1v) is 12.1. The van der Waals surface area contributed by atoms with Crippen LogP contribution in [0.4, 0.5) is 14.9 Å². The highest BCUT2D eigenvalue weighted by atomic mass is 19.1. The molecule has 0 bridgehead atoms. The molecule has 2 aliphatic rings. The third kappa shape index (κ3) is 5.36. The number of ether oxygens (including phenoxy) is 3. The summed E-state index contributed by atoms with van der Waals surface area (Å²) in [5.74, 6) is 0.117. The van der Waals surface area contributed by atoms with E-state index < -0.39 is 5.60 Å². The number of amides is 2. The maximum atomic E-state index is 14.4. The largest absolute Gasteiger partial charge is 0.489 e. The highest BCUT2D eigenvalue weighted by Gasteiger charge is 2.35. The van der Waals surface area contributed by atoms with E-state index in [4.69, 9.17) is 14.2 Å².